The van der Waals surface area contributed by atoms with Gasteiger partial charge in [0, 0.05) is 7.05 Å². The van der Waals surface area contributed by atoms with Crippen molar-refractivity contribution in [2.45, 2.75) is 26.7 Å². The van der Waals surface area contributed by atoms with Crippen LogP contribution in [0.4, 0.5) is 5.82 Å². The molecule has 0 amide bonds. The standard InChI is InChI=1S/C10H16N6/c1-6(2)9-10(11)12-14-16(9)8-5-15(4)13-7(8)3/h5-6H,11H2,1-4H3. The Balaban J connectivity index is 2.60. The van der Waals surface area contributed by atoms with Gasteiger partial charge >= 0.3 is 0 Å². The first-order chi connectivity index (χ1) is 7.50. The van der Waals surface area contributed by atoms with Gasteiger partial charge in [-0.05, 0) is 12.8 Å². The van der Waals surface area contributed by atoms with E-state index in [1.165, 1.54) is 0 Å². The summed E-state index contributed by atoms with van der Waals surface area (Å²) >= 11 is 0. The minimum Gasteiger partial charge on any atom is -0.381 e. The van der Waals surface area contributed by atoms with Gasteiger partial charge in [-0.1, -0.05) is 19.1 Å². The number of nitrogens with zero attached hydrogens (tertiary/aromatic N) is 5. The molecule has 2 aromatic rings. The summed E-state index contributed by atoms with van der Waals surface area (Å²) in [5.74, 6) is 0.757. The molecule has 2 aromatic heterocycles. The van der Waals surface area contributed by atoms with Crippen molar-refractivity contribution in [1.82, 2.24) is 24.8 Å². The van der Waals surface area contributed by atoms with Crippen molar-refractivity contribution >= 4 is 5.82 Å². The molecule has 0 aliphatic heterocycles. The monoisotopic (exact) mass is 220 g/mol. The van der Waals surface area contributed by atoms with Crippen molar-refractivity contribution in [1.29, 1.82) is 0 Å². The van der Waals surface area contributed by atoms with E-state index in [0.29, 0.717) is 5.82 Å². The molecule has 2 N–H and O–H groups in total. The average molecular weight is 220 g/mol. The summed E-state index contributed by atoms with van der Waals surface area (Å²) in [5.41, 5.74) is 8.58. The first-order valence-electron chi connectivity index (χ1n) is 5.22. The van der Waals surface area contributed by atoms with E-state index in [1.54, 1.807) is 9.36 Å². The highest BCUT2D eigenvalue weighted by atomic mass is 15.5. The second-order valence-electron chi connectivity index (χ2n) is 4.20. The fourth-order valence-electron chi connectivity index (χ4n) is 1.81. The molecule has 0 radical (unpaired) electrons. The molecule has 0 atom stereocenters. The molecule has 0 unspecified atom stereocenters. The van der Waals surface area contributed by atoms with Crippen LogP contribution < -0.4 is 5.73 Å². The summed E-state index contributed by atoms with van der Waals surface area (Å²) < 4.78 is 3.52. The summed E-state index contributed by atoms with van der Waals surface area (Å²) in [4.78, 5) is 0. The van der Waals surface area contributed by atoms with E-state index in [-0.39, 0.29) is 5.92 Å². The lowest BCUT2D eigenvalue weighted by Gasteiger charge is -2.08. The summed E-state index contributed by atoms with van der Waals surface area (Å²) in [6.07, 6.45) is 1.91. The number of hydrogen-bond acceptors (Lipinski definition) is 4. The molecule has 0 saturated carbocycles. The Labute approximate surface area is 94.1 Å². The molecule has 2 heterocycles. The zero-order valence-corrected chi connectivity index (χ0v) is 9.97. The van der Waals surface area contributed by atoms with Crippen molar-refractivity contribution in [3.63, 3.8) is 0 Å². The van der Waals surface area contributed by atoms with E-state index in [2.05, 4.69) is 29.3 Å². The van der Waals surface area contributed by atoms with Gasteiger partial charge in [0.25, 0.3) is 0 Å². The molecule has 0 aromatic carbocycles. The van der Waals surface area contributed by atoms with Crippen LogP contribution in [-0.4, -0.2) is 24.8 Å². The molecule has 16 heavy (non-hydrogen) atoms. The van der Waals surface area contributed by atoms with Crippen LogP contribution in [0.15, 0.2) is 6.20 Å². The van der Waals surface area contributed by atoms with E-state index in [1.807, 2.05) is 20.2 Å². The molecule has 0 bridgehead atoms. The number of aryl methyl sites for hydroxylation is 2. The van der Waals surface area contributed by atoms with Crippen molar-refractivity contribution in [3.05, 3.63) is 17.6 Å². The largest absolute Gasteiger partial charge is 0.381 e. The van der Waals surface area contributed by atoms with E-state index in [0.717, 1.165) is 17.1 Å². The Morgan fingerprint density at radius 2 is 2.06 bits per heavy atom. The third kappa shape index (κ3) is 1.56. The van der Waals surface area contributed by atoms with Crippen LogP contribution in [0.3, 0.4) is 0 Å². The maximum absolute atomic E-state index is 5.81. The van der Waals surface area contributed by atoms with Crippen LogP contribution in [0.2, 0.25) is 0 Å². The predicted octanol–water partition coefficient (Wildman–Crippen LogP) is 1.01. The lowest BCUT2D eigenvalue weighted by molar-refractivity contribution is 0.712. The quantitative estimate of drug-likeness (QED) is 0.819. The maximum atomic E-state index is 5.81. The van der Waals surface area contributed by atoms with Gasteiger partial charge < -0.3 is 5.73 Å². The Morgan fingerprint density at radius 3 is 2.56 bits per heavy atom. The van der Waals surface area contributed by atoms with Crippen LogP contribution in [-0.2, 0) is 7.05 Å². The molecular formula is C10H16N6. The van der Waals surface area contributed by atoms with E-state index in [4.69, 9.17) is 5.73 Å². The Kier molecular flexibility index (Phi) is 2.41. The van der Waals surface area contributed by atoms with Gasteiger partial charge in [0.2, 0.25) is 0 Å². The van der Waals surface area contributed by atoms with Gasteiger partial charge in [0.05, 0.1) is 17.6 Å². The van der Waals surface area contributed by atoms with Crippen LogP contribution in [0.25, 0.3) is 5.69 Å². The number of rotatable bonds is 2. The zero-order valence-electron chi connectivity index (χ0n) is 9.97. The molecule has 0 aliphatic rings. The first-order valence-corrected chi connectivity index (χ1v) is 5.22. The highest BCUT2D eigenvalue weighted by molar-refractivity contribution is 5.43. The third-order valence-corrected chi connectivity index (χ3v) is 2.50. The second-order valence-corrected chi connectivity index (χ2v) is 4.20. The first kappa shape index (κ1) is 10.7. The highest BCUT2D eigenvalue weighted by Crippen LogP contribution is 2.23. The number of anilines is 1. The smallest absolute Gasteiger partial charge is 0.169 e. The summed E-state index contributed by atoms with van der Waals surface area (Å²) in [6.45, 7) is 6.08. The van der Waals surface area contributed by atoms with E-state index in [9.17, 15) is 0 Å². The number of nitrogen functional groups attached to an aromatic ring is 1. The van der Waals surface area contributed by atoms with Crippen molar-refractivity contribution < 1.29 is 0 Å². The van der Waals surface area contributed by atoms with Gasteiger partial charge in [0.15, 0.2) is 5.82 Å². The summed E-state index contributed by atoms with van der Waals surface area (Å²) in [6, 6.07) is 0. The average Bonchev–Trinajstić information content (AvgIpc) is 2.69. The van der Waals surface area contributed by atoms with Gasteiger partial charge in [-0.2, -0.15) is 5.10 Å². The van der Waals surface area contributed by atoms with Crippen LogP contribution in [0, 0.1) is 6.92 Å². The van der Waals surface area contributed by atoms with Crippen LogP contribution >= 0.6 is 0 Å². The molecule has 0 aliphatic carbocycles. The molecule has 2 rings (SSSR count). The second kappa shape index (κ2) is 3.62. The van der Waals surface area contributed by atoms with Gasteiger partial charge in [-0.3, -0.25) is 4.68 Å². The molecule has 0 spiro atoms. The van der Waals surface area contributed by atoms with Crippen molar-refractivity contribution in [3.8, 4) is 5.69 Å². The fraction of sp³-hybridized carbons (Fsp3) is 0.500. The maximum Gasteiger partial charge on any atom is 0.169 e. The van der Waals surface area contributed by atoms with Gasteiger partial charge in [-0.25, -0.2) is 4.68 Å². The Hall–Kier alpha value is -1.85. The molecular weight excluding hydrogens is 204 g/mol. The van der Waals surface area contributed by atoms with Gasteiger partial charge in [-0.15, -0.1) is 5.10 Å². The predicted molar refractivity (Wildman–Crippen MR) is 61.4 cm³/mol. The number of aromatic nitrogens is 5. The molecule has 6 nitrogen and oxygen atoms in total. The summed E-state index contributed by atoms with van der Waals surface area (Å²) in [5, 5.41) is 12.3. The normalized spacial score (nSPS) is 11.3. The molecule has 0 fully saturated rings. The third-order valence-electron chi connectivity index (χ3n) is 2.50. The topological polar surface area (TPSA) is 74.5 Å². The Bertz CT molecular complexity index is 507. The summed E-state index contributed by atoms with van der Waals surface area (Å²) in [7, 11) is 1.88. The highest BCUT2D eigenvalue weighted by Gasteiger charge is 2.17. The molecule has 86 valence electrons. The van der Waals surface area contributed by atoms with Crippen LogP contribution in [0.1, 0.15) is 31.2 Å². The zero-order chi connectivity index (χ0) is 11.9. The Morgan fingerprint density at radius 1 is 1.38 bits per heavy atom. The minimum atomic E-state index is 0.273. The minimum absolute atomic E-state index is 0.273. The molecule has 0 saturated heterocycles. The van der Waals surface area contributed by atoms with E-state index >= 15 is 0 Å². The van der Waals surface area contributed by atoms with Crippen LogP contribution in [0.5, 0.6) is 0 Å². The fourth-order valence-corrected chi connectivity index (χ4v) is 1.81. The SMILES string of the molecule is Cc1nn(C)cc1-n1nnc(N)c1C(C)C. The number of nitrogens with two attached hydrogens (primary N) is 1. The lowest BCUT2D eigenvalue weighted by Crippen LogP contribution is -2.05. The molecule has 6 heteroatoms. The van der Waals surface area contributed by atoms with Gasteiger partial charge in [0.1, 0.15) is 5.69 Å². The number of hydrogen-bond donors (Lipinski definition) is 1. The van der Waals surface area contributed by atoms with E-state index < -0.39 is 0 Å². The lowest BCUT2D eigenvalue weighted by atomic mass is 10.1. The van der Waals surface area contributed by atoms with Crippen molar-refractivity contribution in [2.24, 2.45) is 7.05 Å². The van der Waals surface area contributed by atoms with Crippen molar-refractivity contribution in [2.75, 3.05) is 5.73 Å².